The molecule has 2 N–H and O–H groups in total. The summed E-state index contributed by atoms with van der Waals surface area (Å²) in [4.78, 5) is 0. The molecule has 0 saturated heterocycles. The zero-order chi connectivity index (χ0) is 7.40. The molecule has 0 bridgehead atoms. The fraction of sp³-hybridized carbons (Fsp3) is 1.00. The summed E-state index contributed by atoms with van der Waals surface area (Å²) in [6.45, 7) is 2.16. The van der Waals surface area contributed by atoms with Gasteiger partial charge in [0.1, 0.15) is 0 Å². The van der Waals surface area contributed by atoms with Crippen LogP contribution in [0.1, 0.15) is 32.6 Å². The molecule has 0 heterocycles. The van der Waals surface area contributed by atoms with E-state index in [1.165, 1.54) is 25.0 Å². The minimum absolute atomic E-state index is 0.436. The van der Waals surface area contributed by atoms with Crippen molar-refractivity contribution in [2.24, 2.45) is 5.73 Å². The van der Waals surface area contributed by atoms with Gasteiger partial charge >= 0.3 is 0 Å². The number of hydrogen-bond acceptors (Lipinski definition) is 2. The lowest BCUT2D eigenvalue weighted by Gasteiger charge is -2.25. The minimum Gasteiger partial charge on any atom is -0.327 e. The molecule has 1 fully saturated rings. The lowest BCUT2D eigenvalue weighted by atomic mass is 10.0. The third-order valence-electron chi connectivity index (χ3n) is 2.12. The Kier molecular flexibility index (Phi) is 3.57. The van der Waals surface area contributed by atoms with Crippen LogP contribution in [0.5, 0.6) is 0 Å². The summed E-state index contributed by atoms with van der Waals surface area (Å²) in [6, 6.07) is 0.436. The molecule has 60 valence electrons. The normalized spacial score (nSPS) is 22.2. The summed E-state index contributed by atoms with van der Waals surface area (Å²) in [5, 5.41) is 0.956. The topological polar surface area (TPSA) is 26.0 Å². The van der Waals surface area contributed by atoms with Crippen LogP contribution in [0.2, 0.25) is 0 Å². The summed E-state index contributed by atoms with van der Waals surface area (Å²) < 4.78 is 0. The Hall–Kier alpha value is 0.310. The van der Waals surface area contributed by atoms with Gasteiger partial charge in [-0.25, -0.2) is 0 Å². The van der Waals surface area contributed by atoms with Crippen molar-refractivity contribution in [3.05, 3.63) is 0 Å². The van der Waals surface area contributed by atoms with Gasteiger partial charge in [0, 0.05) is 17.0 Å². The van der Waals surface area contributed by atoms with Crippen LogP contribution in [0.25, 0.3) is 0 Å². The van der Waals surface area contributed by atoms with Crippen molar-refractivity contribution in [2.45, 2.75) is 43.9 Å². The Balaban J connectivity index is 1.93. The number of thioether (sulfide) groups is 1. The third-order valence-corrected chi connectivity index (χ3v) is 3.69. The summed E-state index contributed by atoms with van der Waals surface area (Å²) >= 11 is 2.07. The first-order valence-electron chi connectivity index (χ1n) is 4.20. The van der Waals surface area contributed by atoms with E-state index in [2.05, 4.69) is 18.7 Å². The van der Waals surface area contributed by atoms with Crippen LogP contribution in [0.4, 0.5) is 0 Å². The Morgan fingerprint density at radius 2 is 2.30 bits per heavy atom. The summed E-state index contributed by atoms with van der Waals surface area (Å²) in [6.07, 6.45) is 5.43. The van der Waals surface area contributed by atoms with Crippen LogP contribution in [-0.2, 0) is 0 Å². The standard InChI is InChI=1S/C8H17NS/c1-2-7(9)6-10-8-4-3-5-8/h7-8H,2-6,9H2,1H3. The van der Waals surface area contributed by atoms with E-state index in [1.807, 2.05) is 0 Å². The van der Waals surface area contributed by atoms with E-state index in [1.54, 1.807) is 0 Å². The molecule has 10 heavy (non-hydrogen) atoms. The molecule has 0 aromatic carbocycles. The maximum Gasteiger partial charge on any atom is 0.0127 e. The van der Waals surface area contributed by atoms with Gasteiger partial charge in [-0.3, -0.25) is 0 Å². The quantitative estimate of drug-likeness (QED) is 0.679. The van der Waals surface area contributed by atoms with Gasteiger partial charge in [-0.1, -0.05) is 13.3 Å². The molecule has 1 atom stereocenters. The van der Waals surface area contributed by atoms with Gasteiger partial charge in [0.25, 0.3) is 0 Å². The third kappa shape index (κ3) is 2.51. The number of rotatable bonds is 4. The Labute approximate surface area is 67.8 Å². The Morgan fingerprint density at radius 3 is 2.70 bits per heavy atom. The summed E-state index contributed by atoms with van der Waals surface area (Å²) in [7, 11) is 0. The molecule has 1 saturated carbocycles. The van der Waals surface area contributed by atoms with Crippen molar-refractivity contribution in [2.75, 3.05) is 5.75 Å². The molecule has 0 aromatic heterocycles. The summed E-state index contributed by atoms with van der Waals surface area (Å²) in [5.41, 5.74) is 5.78. The fourth-order valence-electron chi connectivity index (χ4n) is 0.915. The number of hydrogen-bond donors (Lipinski definition) is 1. The van der Waals surface area contributed by atoms with E-state index in [9.17, 15) is 0 Å². The molecule has 2 heteroatoms. The molecule has 1 aliphatic rings. The molecular weight excluding hydrogens is 142 g/mol. The molecule has 0 radical (unpaired) electrons. The minimum atomic E-state index is 0.436. The van der Waals surface area contributed by atoms with Crippen molar-refractivity contribution in [3.8, 4) is 0 Å². The molecule has 1 rings (SSSR count). The van der Waals surface area contributed by atoms with E-state index < -0.39 is 0 Å². The highest BCUT2D eigenvalue weighted by atomic mass is 32.2. The van der Waals surface area contributed by atoms with Crippen molar-refractivity contribution in [3.63, 3.8) is 0 Å². The monoisotopic (exact) mass is 159 g/mol. The molecule has 0 spiro atoms. The van der Waals surface area contributed by atoms with E-state index >= 15 is 0 Å². The lowest BCUT2D eigenvalue weighted by Crippen LogP contribution is -2.24. The van der Waals surface area contributed by atoms with Gasteiger partial charge in [-0.2, -0.15) is 11.8 Å². The maximum absolute atomic E-state index is 5.78. The van der Waals surface area contributed by atoms with Crippen LogP contribution in [-0.4, -0.2) is 17.0 Å². The van der Waals surface area contributed by atoms with Crippen LogP contribution in [0, 0.1) is 0 Å². The molecule has 1 unspecified atom stereocenters. The summed E-state index contributed by atoms with van der Waals surface area (Å²) in [5.74, 6) is 1.17. The zero-order valence-corrected chi connectivity index (χ0v) is 7.49. The van der Waals surface area contributed by atoms with E-state index in [-0.39, 0.29) is 0 Å². The van der Waals surface area contributed by atoms with E-state index in [4.69, 9.17) is 5.73 Å². The molecule has 0 amide bonds. The fourth-order valence-corrected chi connectivity index (χ4v) is 2.34. The second kappa shape index (κ2) is 4.24. The number of nitrogens with two attached hydrogens (primary N) is 1. The first kappa shape index (κ1) is 8.41. The average molecular weight is 159 g/mol. The van der Waals surface area contributed by atoms with Gasteiger partial charge in [0.15, 0.2) is 0 Å². The lowest BCUT2D eigenvalue weighted by molar-refractivity contribution is 0.521. The zero-order valence-electron chi connectivity index (χ0n) is 6.68. The van der Waals surface area contributed by atoms with Crippen molar-refractivity contribution < 1.29 is 0 Å². The molecule has 0 aliphatic heterocycles. The predicted octanol–water partition coefficient (Wildman–Crippen LogP) is 2.01. The van der Waals surface area contributed by atoms with Gasteiger partial charge in [0.05, 0.1) is 0 Å². The SMILES string of the molecule is CCC(N)CSC1CCC1. The largest absolute Gasteiger partial charge is 0.327 e. The molecule has 1 nitrogen and oxygen atoms in total. The first-order chi connectivity index (χ1) is 4.83. The highest BCUT2D eigenvalue weighted by Gasteiger charge is 2.17. The van der Waals surface area contributed by atoms with Gasteiger partial charge in [0.2, 0.25) is 0 Å². The van der Waals surface area contributed by atoms with Crippen LogP contribution in [0.15, 0.2) is 0 Å². The highest BCUT2D eigenvalue weighted by Crippen LogP contribution is 2.31. The smallest absolute Gasteiger partial charge is 0.0127 e. The predicted molar refractivity (Wildman–Crippen MR) is 48.4 cm³/mol. The molecular formula is C8H17NS. The Morgan fingerprint density at radius 1 is 1.60 bits per heavy atom. The van der Waals surface area contributed by atoms with Crippen LogP contribution in [0.3, 0.4) is 0 Å². The van der Waals surface area contributed by atoms with Gasteiger partial charge < -0.3 is 5.73 Å². The van der Waals surface area contributed by atoms with Crippen LogP contribution < -0.4 is 5.73 Å². The van der Waals surface area contributed by atoms with Gasteiger partial charge in [-0.05, 0) is 19.3 Å². The molecule has 0 aromatic rings. The average Bonchev–Trinajstić information content (AvgIpc) is 1.84. The van der Waals surface area contributed by atoms with E-state index in [0.29, 0.717) is 6.04 Å². The maximum atomic E-state index is 5.78. The Bertz CT molecular complexity index is 86.5. The molecule has 1 aliphatic carbocycles. The van der Waals surface area contributed by atoms with Crippen LogP contribution >= 0.6 is 11.8 Å². The van der Waals surface area contributed by atoms with Crippen molar-refractivity contribution >= 4 is 11.8 Å². The van der Waals surface area contributed by atoms with Crippen molar-refractivity contribution in [1.29, 1.82) is 0 Å². The second-order valence-corrected chi connectivity index (χ2v) is 4.39. The first-order valence-corrected chi connectivity index (χ1v) is 5.25. The van der Waals surface area contributed by atoms with Crippen molar-refractivity contribution in [1.82, 2.24) is 0 Å². The van der Waals surface area contributed by atoms with Gasteiger partial charge in [-0.15, -0.1) is 0 Å². The van der Waals surface area contributed by atoms with E-state index in [0.717, 1.165) is 11.7 Å². The highest BCUT2D eigenvalue weighted by molar-refractivity contribution is 8.00. The second-order valence-electron chi connectivity index (χ2n) is 3.05.